The van der Waals surface area contributed by atoms with Gasteiger partial charge in [-0.2, -0.15) is 4.99 Å². The lowest BCUT2D eigenvalue weighted by molar-refractivity contribution is -0.384. The lowest BCUT2D eigenvalue weighted by Crippen LogP contribution is -2.12. The molecular formula is C18H15N3O5S2. The van der Waals surface area contributed by atoms with Crippen LogP contribution in [0.5, 0.6) is 0 Å². The molecule has 0 aliphatic rings. The van der Waals surface area contributed by atoms with E-state index in [2.05, 4.69) is 4.99 Å². The maximum atomic E-state index is 12.2. The van der Waals surface area contributed by atoms with Crippen molar-refractivity contribution in [2.24, 2.45) is 12.0 Å². The predicted molar refractivity (Wildman–Crippen MR) is 107 cm³/mol. The highest BCUT2D eigenvalue weighted by atomic mass is 32.2. The maximum Gasteiger partial charge on any atom is 0.272 e. The van der Waals surface area contributed by atoms with Crippen molar-refractivity contribution in [1.29, 1.82) is 0 Å². The van der Waals surface area contributed by atoms with Crippen molar-refractivity contribution in [3.63, 3.8) is 0 Å². The van der Waals surface area contributed by atoms with Gasteiger partial charge in [0.2, 0.25) is 0 Å². The molecule has 144 valence electrons. The number of non-ortho nitro benzene ring substituents is 1. The second kappa shape index (κ2) is 7.49. The molecular weight excluding hydrogens is 402 g/mol. The number of hydrogen-bond donors (Lipinski definition) is 0. The molecule has 0 saturated carbocycles. The molecule has 1 heterocycles. The number of carbonyl (C=O) groups excluding carboxylic acids is 1. The second-order valence-corrected chi connectivity index (χ2v) is 9.00. The summed E-state index contributed by atoms with van der Waals surface area (Å²) in [6, 6.07) is 10.5. The molecule has 0 bridgehead atoms. The Morgan fingerprint density at radius 1 is 1.21 bits per heavy atom. The number of aryl methyl sites for hydroxylation is 1. The Hall–Kier alpha value is -3.11. The molecule has 8 nitrogen and oxygen atoms in total. The molecule has 0 aliphatic heterocycles. The Morgan fingerprint density at radius 3 is 2.50 bits per heavy atom. The fourth-order valence-corrected chi connectivity index (χ4v) is 4.24. The molecule has 0 saturated heterocycles. The van der Waals surface area contributed by atoms with Crippen molar-refractivity contribution in [2.45, 2.75) is 4.90 Å². The van der Waals surface area contributed by atoms with Crippen LogP contribution < -0.4 is 4.80 Å². The summed E-state index contributed by atoms with van der Waals surface area (Å²) < 4.78 is 25.8. The first kappa shape index (κ1) is 19.6. The topological polar surface area (TPSA) is 112 Å². The molecule has 0 N–H and O–H groups in total. The van der Waals surface area contributed by atoms with Gasteiger partial charge >= 0.3 is 0 Å². The average molecular weight is 417 g/mol. The maximum absolute atomic E-state index is 12.2. The number of nitro benzene ring substituents is 1. The first-order valence-corrected chi connectivity index (χ1v) is 10.7. The van der Waals surface area contributed by atoms with Gasteiger partial charge < -0.3 is 4.57 Å². The third-order valence-corrected chi connectivity index (χ3v) is 6.14. The van der Waals surface area contributed by atoms with Gasteiger partial charge in [0.25, 0.3) is 11.6 Å². The highest BCUT2D eigenvalue weighted by molar-refractivity contribution is 7.90. The van der Waals surface area contributed by atoms with E-state index < -0.39 is 20.7 Å². The monoisotopic (exact) mass is 417 g/mol. The fourth-order valence-electron chi connectivity index (χ4n) is 2.46. The summed E-state index contributed by atoms with van der Waals surface area (Å²) in [5.41, 5.74) is 1.37. The number of hydrogen-bond acceptors (Lipinski definition) is 6. The Kier molecular flexibility index (Phi) is 5.25. The molecule has 28 heavy (non-hydrogen) atoms. The molecule has 3 rings (SSSR count). The first-order chi connectivity index (χ1) is 13.1. The van der Waals surface area contributed by atoms with Crippen LogP contribution in [0.25, 0.3) is 16.3 Å². The molecule has 10 heteroatoms. The summed E-state index contributed by atoms with van der Waals surface area (Å²) in [7, 11) is -1.58. The van der Waals surface area contributed by atoms with E-state index in [4.69, 9.17) is 0 Å². The highest BCUT2D eigenvalue weighted by Crippen LogP contribution is 2.21. The third kappa shape index (κ3) is 4.24. The SMILES string of the molecule is Cn1c(=NC(=O)C=Cc2ccc([N+](=O)[O-])cc2)sc2cc(S(C)(=O)=O)ccc21. The predicted octanol–water partition coefficient (Wildman–Crippen LogP) is 2.69. The second-order valence-electron chi connectivity index (χ2n) is 5.98. The van der Waals surface area contributed by atoms with Gasteiger partial charge in [0.05, 0.1) is 20.0 Å². The van der Waals surface area contributed by atoms with Gasteiger partial charge in [-0.25, -0.2) is 8.42 Å². The van der Waals surface area contributed by atoms with Crippen LogP contribution in [0.3, 0.4) is 0 Å². The quantitative estimate of drug-likeness (QED) is 0.368. The summed E-state index contributed by atoms with van der Waals surface area (Å²) in [5, 5.41) is 10.6. The summed E-state index contributed by atoms with van der Waals surface area (Å²) in [6.07, 6.45) is 3.93. The molecule has 3 aromatic rings. The van der Waals surface area contributed by atoms with Crippen LogP contribution in [0.15, 0.2) is 58.4 Å². The van der Waals surface area contributed by atoms with E-state index >= 15 is 0 Å². The molecule has 0 aliphatic carbocycles. The van der Waals surface area contributed by atoms with E-state index in [-0.39, 0.29) is 10.6 Å². The van der Waals surface area contributed by atoms with Crippen molar-refractivity contribution < 1.29 is 18.1 Å². The number of aromatic nitrogens is 1. The lowest BCUT2D eigenvalue weighted by Gasteiger charge is -1.98. The van der Waals surface area contributed by atoms with Crippen LogP contribution in [0.2, 0.25) is 0 Å². The molecule has 2 aromatic carbocycles. The zero-order valence-electron chi connectivity index (χ0n) is 14.9. The number of fused-ring (bicyclic) bond motifs is 1. The van der Waals surface area contributed by atoms with Crippen LogP contribution >= 0.6 is 11.3 Å². The minimum absolute atomic E-state index is 0.0288. The number of benzene rings is 2. The van der Waals surface area contributed by atoms with Gasteiger partial charge in [-0.1, -0.05) is 11.3 Å². The van der Waals surface area contributed by atoms with E-state index in [1.165, 1.54) is 53.8 Å². The van der Waals surface area contributed by atoms with Crippen LogP contribution in [0.1, 0.15) is 5.56 Å². The Balaban J connectivity index is 1.89. The van der Waals surface area contributed by atoms with Crippen LogP contribution in [-0.4, -0.2) is 30.1 Å². The van der Waals surface area contributed by atoms with Crippen LogP contribution in [0.4, 0.5) is 5.69 Å². The van der Waals surface area contributed by atoms with Gasteiger partial charge in [-0.15, -0.1) is 0 Å². The van der Waals surface area contributed by atoms with Gasteiger partial charge in [-0.3, -0.25) is 14.9 Å². The molecule has 0 radical (unpaired) electrons. The zero-order valence-corrected chi connectivity index (χ0v) is 16.5. The van der Waals surface area contributed by atoms with Gasteiger partial charge in [0.1, 0.15) is 0 Å². The highest BCUT2D eigenvalue weighted by Gasteiger charge is 2.11. The smallest absolute Gasteiger partial charge is 0.272 e. The Bertz CT molecular complexity index is 1280. The number of nitro groups is 1. The van der Waals surface area contributed by atoms with Crippen molar-refractivity contribution in [1.82, 2.24) is 4.57 Å². The summed E-state index contributed by atoms with van der Waals surface area (Å²) >= 11 is 1.21. The van der Waals surface area contributed by atoms with E-state index in [0.29, 0.717) is 15.1 Å². The Labute approximate surface area is 164 Å². The number of carbonyl (C=O) groups is 1. The average Bonchev–Trinajstić information content (AvgIpc) is 2.94. The van der Waals surface area contributed by atoms with Crippen molar-refractivity contribution in [3.8, 4) is 0 Å². The lowest BCUT2D eigenvalue weighted by atomic mass is 10.2. The largest absolute Gasteiger partial charge is 0.319 e. The summed E-state index contributed by atoms with van der Waals surface area (Å²) in [5.74, 6) is -0.496. The number of amides is 1. The molecule has 0 fully saturated rings. The van der Waals surface area contributed by atoms with Crippen LogP contribution in [-0.2, 0) is 21.7 Å². The first-order valence-electron chi connectivity index (χ1n) is 7.96. The van der Waals surface area contributed by atoms with Gasteiger partial charge in [-0.05, 0) is 42.0 Å². The van der Waals surface area contributed by atoms with E-state index in [1.807, 2.05) is 0 Å². The van der Waals surface area contributed by atoms with E-state index in [9.17, 15) is 23.3 Å². The van der Waals surface area contributed by atoms with Crippen molar-refractivity contribution in [2.75, 3.05) is 6.26 Å². The zero-order chi connectivity index (χ0) is 20.5. The number of nitrogens with zero attached hydrogens (tertiary/aromatic N) is 3. The van der Waals surface area contributed by atoms with Crippen LogP contribution in [0, 0.1) is 10.1 Å². The van der Waals surface area contributed by atoms with Crippen molar-refractivity contribution >= 4 is 49.1 Å². The standard InChI is InChI=1S/C18H15N3O5S2/c1-20-15-9-8-14(28(2,25)26)11-16(15)27-18(20)19-17(22)10-5-12-3-6-13(7-4-12)21(23)24/h3-11H,1-2H3. The molecule has 0 atom stereocenters. The number of rotatable bonds is 4. The minimum atomic E-state index is -3.32. The molecule has 1 amide bonds. The van der Waals surface area contributed by atoms with Gasteiger partial charge in [0, 0.05) is 31.5 Å². The summed E-state index contributed by atoms with van der Waals surface area (Å²) in [4.78, 5) is 27.0. The normalized spacial score (nSPS) is 12.7. The molecule has 0 unspecified atom stereocenters. The molecule has 1 aromatic heterocycles. The van der Waals surface area contributed by atoms with E-state index in [1.54, 1.807) is 23.7 Å². The molecule has 0 spiro atoms. The van der Waals surface area contributed by atoms with E-state index in [0.717, 1.165) is 11.8 Å². The van der Waals surface area contributed by atoms with Gasteiger partial charge in [0.15, 0.2) is 14.6 Å². The number of thiazole rings is 1. The number of sulfone groups is 1. The minimum Gasteiger partial charge on any atom is -0.319 e. The summed E-state index contributed by atoms with van der Waals surface area (Å²) in [6.45, 7) is 0. The fraction of sp³-hybridized carbons (Fsp3) is 0.111. The third-order valence-electron chi connectivity index (χ3n) is 3.94. The Morgan fingerprint density at radius 2 is 1.89 bits per heavy atom. The van der Waals surface area contributed by atoms with Crippen molar-refractivity contribution in [3.05, 3.63) is 69.0 Å².